The summed E-state index contributed by atoms with van der Waals surface area (Å²) in [6.07, 6.45) is 114. The van der Waals surface area contributed by atoms with Crippen LogP contribution in [0, 0.1) is 0 Å². The Morgan fingerprint density at radius 1 is 0.320 bits per heavy atom. The highest BCUT2D eigenvalue weighted by Gasteiger charge is 2.27. The molecule has 0 aliphatic heterocycles. The van der Waals surface area contributed by atoms with Gasteiger partial charge >= 0.3 is 19.8 Å². The first-order valence-electron chi connectivity index (χ1n) is 42.6. The third kappa shape index (κ3) is 83.6. The Morgan fingerprint density at radius 2 is 0.570 bits per heavy atom. The molecule has 0 aromatic heterocycles. The maximum atomic E-state index is 12.9. The molecule has 580 valence electrons. The first-order valence-corrected chi connectivity index (χ1v) is 44.1. The highest BCUT2D eigenvalue weighted by atomic mass is 31.2. The fourth-order valence-electron chi connectivity index (χ4n) is 12.3. The van der Waals surface area contributed by atoms with Crippen molar-refractivity contribution in [2.75, 3.05) is 47.5 Å². The van der Waals surface area contributed by atoms with E-state index >= 15 is 0 Å². The van der Waals surface area contributed by atoms with Gasteiger partial charge in [0, 0.05) is 12.8 Å². The average Bonchev–Trinajstić information content (AvgIpc) is 1.07. The van der Waals surface area contributed by atoms with Crippen LogP contribution in [0.2, 0.25) is 0 Å². The van der Waals surface area contributed by atoms with Crippen LogP contribution in [0.5, 0.6) is 0 Å². The molecule has 0 saturated heterocycles. The zero-order valence-corrected chi connectivity index (χ0v) is 67.3. The molecule has 0 spiro atoms. The molecule has 0 radical (unpaired) electrons. The second kappa shape index (κ2) is 79.8. The third-order valence-electron chi connectivity index (χ3n) is 18.8. The number of phosphoric ester groups is 1. The van der Waals surface area contributed by atoms with Gasteiger partial charge in [-0.1, -0.05) is 393 Å². The van der Waals surface area contributed by atoms with Gasteiger partial charge in [-0.2, -0.15) is 0 Å². The molecule has 10 heteroatoms. The van der Waals surface area contributed by atoms with Gasteiger partial charge in [0.05, 0.1) is 27.7 Å². The quantitative estimate of drug-likeness (QED) is 0.0211. The molecule has 0 saturated carbocycles. The highest BCUT2D eigenvalue weighted by molar-refractivity contribution is 7.47. The second-order valence-corrected chi connectivity index (χ2v) is 31.3. The van der Waals surface area contributed by atoms with Crippen molar-refractivity contribution in [2.45, 2.75) is 405 Å². The molecule has 100 heavy (non-hydrogen) atoms. The van der Waals surface area contributed by atoms with Crippen LogP contribution >= 0.6 is 7.82 Å². The highest BCUT2D eigenvalue weighted by Crippen LogP contribution is 2.43. The molecule has 9 nitrogen and oxygen atoms in total. The Balaban J connectivity index is 3.93. The van der Waals surface area contributed by atoms with Crippen LogP contribution in [-0.2, 0) is 32.7 Å². The number of unbranched alkanes of at least 4 members (excludes halogenated alkanes) is 47. The minimum Gasteiger partial charge on any atom is -0.462 e. The summed E-state index contributed by atoms with van der Waals surface area (Å²) in [5.74, 6) is -0.783. The van der Waals surface area contributed by atoms with Crippen LogP contribution in [-0.4, -0.2) is 74.9 Å². The second-order valence-electron chi connectivity index (χ2n) is 29.8. The monoisotopic (exact) mass is 1420 g/mol. The Morgan fingerprint density at radius 3 is 0.860 bits per heavy atom. The molecule has 0 fully saturated rings. The summed E-state index contributed by atoms with van der Waals surface area (Å²) in [5.41, 5.74) is 0. The van der Waals surface area contributed by atoms with Gasteiger partial charge < -0.3 is 18.9 Å². The Bertz CT molecular complexity index is 2060. The van der Waals surface area contributed by atoms with E-state index < -0.39 is 26.5 Å². The maximum absolute atomic E-state index is 12.9. The van der Waals surface area contributed by atoms with Crippen molar-refractivity contribution in [3.8, 4) is 0 Å². The third-order valence-corrected chi connectivity index (χ3v) is 19.8. The van der Waals surface area contributed by atoms with Crippen molar-refractivity contribution < 1.29 is 42.1 Å². The maximum Gasteiger partial charge on any atom is 0.472 e. The molecule has 0 aromatic carbocycles. The van der Waals surface area contributed by atoms with Gasteiger partial charge in [0.2, 0.25) is 0 Å². The molecule has 2 unspecified atom stereocenters. The van der Waals surface area contributed by atoms with Crippen molar-refractivity contribution in [3.05, 3.63) is 109 Å². The van der Waals surface area contributed by atoms with Gasteiger partial charge in [0.1, 0.15) is 19.8 Å². The van der Waals surface area contributed by atoms with Gasteiger partial charge in [0.15, 0.2) is 6.10 Å². The largest absolute Gasteiger partial charge is 0.472 e. The van der Waals surface area contributed by atoms with Crippen molar-refractivity contribution in [1.29, 1.82) is 0 Å². The molecule has 1 N–H and O–H groups in total. The number of hydrogen-bond donors (Lipinski definition) is 1. The number of likely N-dealkylation sites (N-methyl/N-ethyl adjacent to an activating group) is 1. The van der Waals surface area contributed by atoms with Crippen LogP contribution in [0.25, 0.3) is 0 Å². The lowest BCUT2D eigenvalue weighted by Crippen LogP contribution is -2.37. The fraction of sp³-hybridized carbons (Fsp3) is 0.778. The summed E-state index contributed by atoms with van der Waals surface area (Å²) in [6.45, 7) is 4.37. The predicted octanol–water partition coefficient (Wildman–Crippen LogP) is 28.7. The van der Waals surface area contributed by atoms with E-state index in [4.69, 9.17) is 18.5 Å². The van der Waals surface area contributed by atoms with E-state index in [-0.39, 0.29) is 25.6 Å². The molecular weight excluding hydrogens is 1250 g/mol. The van der Waals surface area contributed by atoms with E-state index in [0.29, 0.717) is 23.9 Å². The molecule has 0 aromatic rings. The molecule has 0 bridgehead atoms. The summed E-state index contributed by atoms with van der Waals surface area (Å²) in [7, 11) is 1.49. The topological polar surface area (TPSA) is 108 Å². The standard InChI is InChI=1S/C90H162NO8P/c1-6-8-10-12-14-16-18-20-22-24-26-28-30-32-34-36-38-40-42-44-45-47-49-51-53-55-57-59-61-63-65-67-69-71-73-75-77-79-81-83-90(93)99-88(87-98-100(94,95)97-85-84-91(3,4)5)86-96-89(92)82-80-78-76-74-72-70-68-66-64-62-60-58-56-54-52-50-48-46-43-41-39-37-35-33-31-29-27-25-23-21-19-17-15-13-11-9-7-2/h8,10,14,16,20,22,25-28,32,34,38,40,44-45,49,51,88H,6-7,9,11-13,15,17-19,21,23-24,29-31,33,35-37,39,41-43,46-48,50,52-87H2,1-5H3/p+1/b10-8-,16-14-,22-20-,27-25-,28-26-,34-32-,40-38-,45-44-,51-49-. The number of allylic oxidation sites excluding steroid dienone is 18. The average molecular weight is 1420 g/mol. The zero-order valence-electron chi connectivity index (χ0n) is 66.4. The number of esters is 2. The molecular formula is C90H163NO8P+. The number of carbonyl (C=O) groups is 2. The molecule has 0 aliphatic rings. The lowest BCUT2D eigenvalue weighted by Gasteiger charge is -2.24. The zero-order chi connectivity index (χ0) is 72.5. The van der Waals surface area contributed by atoms with Crippen molar-refractivity contribution in [2.24, 2.45) is 0 Å². The molecule has 0 heterocycles. The lowest BCUT2D eigenvalue weighted by atomic mass is 10.0. The van der Waals surface area contributed by atoms with Crippen LogP contribution < -0.4 is 0 Å². The van der Waals surface area contributed by atoms with Crippen molar-refractivity contribution >= 4 is 19.8 Å². The van der Waals surface area contributed by atoms with E-state index in [1.54, 1.807) is 0 Å². The minimum atomic E-state index is -4.40. The van der Waals surface area contributed by atoms with E-state index in [0.717, 1.165) is 89.9 Å². The molecule has 0 aliphatic carbocycles. The molecule has 2 atom stereocenters. The van der Waals surface area contributed by atoms with Gasteiger partial charge in [-0.3, -0.25) is 18.6 Å². The number of quaternary nitrogens is 1. The smallest absolute Gasteiger partial charge is 0.462 e. The van der Waals surface area contributed by atoms with E-state index in [2.05, 4.69) is 123 Å². The Hall–Kier alpha value is -3.33. The number of ether oxygens (including phenoxy) is 2. The molecule has 0 amide bonds. The Kier molecular flexibility index (Phi) is 77.1. The summed E-state index contributed by atoms with van der Waals surface area (Å²) in [5, 5.41) is 0. The van der Waals surface area contributed by atoms with Crippen LogP contribution in [0.4, 0.5) is 0 Å². The number of phosphoric acid groups is 1. The lowest BCUT2D eigenvalue weighted by molar-refractivity contribution is -0.870. The summed E-state index contributed by atoms with van der Waals surface area (Å²) in [6, 6.07) is 0. The number of hydrogen-bond acceptors (Lipinski definition) is 7. The van der Waals surface area contributed by atoms with Gasteiger partial charge in [-0.15, -0.1) is 0 Å². The van der Waals surface area contributed by atoms with Gasteiger partial charge in [-0.05, 0) is 103 Å². The van der Waals surface area contributed by atoms with E-state index in [1.807, 2.05) is 21.1 Å². The van der Waals surface area contributed by atoms with E-state index in [1.165, 1.54) is 276 Å². The first-order chi connectivity index (χ1) is 49.0. The van der Waals surface area contributed by atoms with Crippen molar-refractivity contribution in [1.82, 2.24) is 0 Å². The number of carbonyl (C=O) groups excluding carboxylic acids is 2. The molecule has 0 rings (SSSR count). The SMILES string of the molecule is CC/C=C\C/C=C\C/C=C\C/C=C\C/C=C\C/C=C\C/C=C\C/C=C\CCCCCCCCCCCCCCCCC(=O)OC(COC(=O)CCCCCCCCCCCCCCCCCCCCCCCCCCC/C=C\CCCCCCCCCC)COP(=O)(O)OCC[N+](C)(C)C. The minimum absolute atomic E-state index is 0.0303. The van der Waals surface area contributed by atoms with Crippen LogP contribution in [0.3, 0.4) is 0 Å². The van der Waals surface area contributed by atoms with Crippen LogP contribution in [0.1, 0.15) is 399 Å². The van der Waals surface area contributed by atoms with Crippen molar-refractivity contribution in [3.63, 3.8) is 0 Å². The first kappa shape index (κ1) is 96.7. The van der Waals surface area contributed by atoms with E-state index in [9.17, 15) is 19.0 Å². The summed E-state index contributed by atoms with van der Waals surface area (Å²) >= 11 is 0. The number of nitrogens with zero attached hydrogens (tertiary/aromatic N) is 1. The summed E-state index contributed by atoms with van der Waals surface area (Å²) in [4.78, 5) is 36.0. The summed E-state index contributed by atoms with van der Waals surface area (Å²) < 4.78 is 34.9. The fourth-order valence-corrected chi connectivity index (χ4v) is 13.1. The van der Waals surface area contributed by atoms with Gasteiger partial charge in [-0.25, -0.2) is 4.57 Å². The number of rotatable bonds is 79. The van der Waals surface area contributed by atoms with Gasteiger partial charge in [0.25, 0.3) is 0 Å². The predicted molar refractivity (Wildman–Crippen MR) is 436 cm³/mol. The normalized spacial score (nSPS) is 13.5. The van der Waals surface area contributed by atoms with Crippen LogP contribution in [0.15, 0.2) is 109 Å². The Labute approximate surface area is 620 Å².